The summed E-state index contributed by atoms with van der Waals surface area (Å²) in [4.78, 5) is 27.6. The lowest BCUT2D eigenvalue weighted by Crippen LogP contribution is -2.47. The lowest BCUT2D eigenvalue weighted by Gasteiger charge is -2.32. The van der Waals surface area contributed by atoms with E-state index in [0.29, 0.717) is 25.2 Å². The van der Waals surface area contributed by atoms with Crippen LogP contribution in [0.15, 0.2) is 36.0 Å². The van der Waals surface area contributed by atoms with E-state index in [1.807, 2.05) is 13.1 Å². The predicted molar refractivity (Wildman–Crippen MR) is 92.4 cm³/mol. The van der Waals surface area contributed by atoms with E-state index in [2.05, 4.69) is 15.0 Å². The van der Waals surface area contributed by atoms with Gasteiger partial charge in [0.1, 0.15) is 11.6 Å². The van der Waals surface area contributed by atoms with Crippen LogP contribution < -0.4 is 5.32 Å². The van der Waals surface area contributed by atoms with Gasteiger partial charge in [-0.05, 0) is 24.7 Å². The van der Waals surface area contributed by atoms with Gasteiger partial charge in [0.15, 0.2) is 0 Å². The molecule has 0 radical (unpaired) electrons. The largest absolute Gasteiger partial charge is 0.465 e. The molecular weight excluding hydrogens is 320 g/mol. The summed E-state index contributed by atoms with van der Waals surface area (Å²) >= 11 is 0. The quantitative estimate of drug-likeness (QED) is 0.483. The van der Waals surface area contributed by atoms with Crippen molar-refractivity contribution in [2.45, 2.75) is 6.54 Å². The van der Waals surface area contributed by atoms with Crippen molar-refractivity contribution in [3.05, 3.63) is 47.2 Å². The number of nitrogens with zero attached hydrogens (tertiary/aromatic N) is 3. The average molecular weight is 342 g/mol. The van der Waals surface area contributed by atoms with Crippen molar-refractivity contribution in [2.75, 3.05) is 40.3 Å². The van der Waals surface area contributed by atoms with Gasteiger partial charge in [0, 0.05) is 38.9 Å². The summed E-state index contributed by atoms with van der Waals surface area (Å²) in [5.41, 5.74) is 1.49. The number of hydrogen-bond donors (Lipinski definition) is 1. The minimum Gasteiger partial charge on any atom is -0.465 e. The third kappa shape index (κ3) is 5.06. The molecule has 0 unspecified atom stereocenters. The van der Waals surface area contributed by atoms with Crippen LogP contribution in [0.2, 0.25) is 0 Å². The number of amides is 1. The summed E-state index contributed by atoms with van der Waals surface area (Å²) in [6.45, 7) is 3.32. The Morgan fingerprint density at radius 1 is 1.24 bits per heavy atom. The first-order valence-electron chi connectivity index (χ1n) is 8.04. The minimum atomic E-state index is -0.385. The third-order valence-electron chi connectivity index (χ3n) is 4.07. The number of esters is 1. The molecule has 7 nitrogen and oxygen atoms in total. The van der Waals surface area contributed by atoms with Crippen molar-refractivity contribution in [3.63, 3.8) is 0 Å². The van der Waals surface area contributed by atoms with Crippen molar-refractivity contribution in [3.8, 4) is 6.07 Å². The minimum absolute atomic E-state index is 0.0933. The van der Waals surface area contributed by atoms with Crippen molar-refractivity contribution < 1.29 is 14.3 Å². The van der Waals surface area contributed by atoms with E-state index in [4.69, 9.17) is 0 Å². The molecule has 1 saturated heterocycles. The molecule has 1 N–H and O–H groups in total. The van der Waals surface area contributed by atoms with Crippen molar-refractivity contribution in [1.82, 2.24) is 15.1 Å². The summed E-state index contributed by atoms with van der Waals surface area (Å²) in [6.07, 6.45) is 1.45. The molecule has 0 bridgehead atoms. The SMILES string of the molecule is COC(=O)c1ccc(CN/C=C(/C#N)C(=O)N2CCN(C)CC2)cc1. The molecular formula is C18H22N4O3. The molecule has 7 heteroatoms. The number of nitrogens with one attached hydrogen (secondary N) is 1. The maximum atomic E-state index is 12.4. The van der Waals surface area contributed by atoms with Gasteiger partial charge < -0.3 is 19.9 Å². The molecule has 2 rings (SSSR count). The Hall–Kier alpha value is -2.85. The summed E-state index contributed by atoms with van der Waals surface area (Å²) < 4.78 is 4.65. The fourth-order valence-corrected chi connectivity index (χ4v) is 2.47. The zero-order valence-electron chi connectivity index (χ0n) is 14.5. The van der Waals surface area contributed by atoms with Crippen LogP contribution in [0.25, 0.3) is 0 Å². The second-order valence-electron chi connectivity index (χ2n) is 5.83. The van der Waals surface area contributed by atoms with Crippen molar-refractivity contribution in [2.24, 2.45) is 0 Å². The van der Waals surface area contributed by atoms with Gasteiger partial charge in [-0.3, -0.25) is 4.79 Å². The van der Waals surface area contributed by atoms with Crippen LogP contribution in [0.1, 0.15) is 15.9 Å². The summed E-state index contributed by atoms with van der Waals surface area (Å²) in [7, 11) is 3.35. The fraction of sp³-hybridized carbons (Fsp3) is 0.389. The molecule has 1 fully saturated rings. The number of nitriles is 1. The van der Waals surface area contributed by atoms with Gasteiger partial charge in [-0.1, -0.05) is 12.1 Å². The molecule has 0 aromatic heterocycles. The number of likely N-dealkylation sites (N-methyl/N-ethyl adjacent to an activating group) is 1. The van der Waals surface area contributed by atoms with Crippen LogP contribution in [0.5, 0.6) is 0 Å². The lowest BCUT2D eigenvalue weighted by molar-refractivity contribution is -0.128. The van der Waals surface area contributed by atoms with E-state index in [0.717, 1.165) is 18.7 Å². The second kappa shape index (κ2) is 8.85. The maximum Gasteiger partial charge on any atom is 0.337 e. The van der Waals surface area contributed by atoms with Crippen LogP contribution in [0.3, 0.4) is 0 Å². The molecule has 132 valence electrons. The number of carbonyl (C=O) groups excluding carboxylic acids is 2. The molecule has 1 heterocycles. The molecule has 0 spiro atoms. The molecule has 1 aliphatic heterocycles. The molecule has 25 heavy (non-hydrogen) atoms. The second-order valence-corrected chi connectivity index (χ2v) is 5.83. The van der Waals surface area contributed by atoms with E-state index >= 15 is 0 Å². The van der Waals surface area contributed by atoms with Gasteiger partial charge in [0.25, 0.3) is 5.91 Å². The first-order valence-corrected chi connectivity index (χ1v) is 8.04. The van der Waals surface area contributed by atoms with Gasteiger partial charge in [-0.25, -0.2) is 4.79 Å². The molecule has 1 aliphatic rings. The number of carbonyl (C=O) groups is 2. The van der Waals surface area contributed by atoms with E-state index in [1.54, 1.807) is 29.2 Å². The van der Waals surface area contributed by atoms with E-state index < -0.39 is 0 Å². The number of hydrogen-bond acceptors (Lipinski definition) is 6. The normalized spacial score (nSPS) is 15.4. The zero-order valence-corrected chi connectivity index (χ0v) is 14.5. The molecule has 1 aromatic rings. The highest BCUT2D eigenvalue weighted by Crippen LogP contribution is 2.07. The zero-order chi connectivity index (χ0) is 18.2. The summed E-state index contributed by atoms with van der Waals surface area (Å²) in [5, 5.41) is 12.2. The Bertz CT molecular complexity index is 683. The third-order valence-corrected chi connectivity index (χ3v) is 4.07. The van der Waals surface area contributed by atoms with Crippen molar-refractivity contribution in [1.29, 1.82) is 5.26 Å². The number of methoxy groups -OCH3 is 1. The maximum absolute atomic E-state index is 12.4. The molecule has 1 aromatic carbocycles. The standard InChI is InChI=1S/C18H22N4O3/c1-21-7-9-22(10-8-21)17(23)16(11-19)13-20-12-14-3-5-15(6-4-14)18(24)25-2/h3-6,13,20H,7-10,12H2,1-2H3/b16-13-. The van der Waals surface area contributed by atoms with Gasteiger partial charge in [0.05, 0.1) is 12.7 Å². The molecule has 0 saturated carbocycles. The van der Waals surface area contributed by atoms with Gasteiger partial charge in [-0.2, -0.15) is 5.26 Å². The van der Waals surface area contributed by atoms with Crippen LogP contribution in [0, 0.1) is 11.3 Å². The highest BCUT2D eigenvalue weighted by Gasteiger charge is 2.21. The monoisotopic (exact) mass is 342 g/mol. The van der Waals surface area contributed by atoms with E-state index in [1.165, 1.54) is 13.3 Å². The molecule has 0 atom stereocenters. The van der Waals surface area contributed by atoms with Crippen LogP contribution in [-0.4, -0.2) is 62.0 Å². The van der Waals surface area contributed by atoms with Gasteiger partial charge in [0.2, 0.25) is 0 Å². The highest BCUT2D eigenvalue weighted by atomic mass is 16.5. The Morgan fingerprint density at radius 2 is 1.88 bits per heavy atom. The van der Waals surface area contributed by atoms with E-state index in [-0.39, 0.29) is 17.4 Å². The first kappa shape index (κ1) is 18.5. The number of rotatable bonds is 5. The number of benzene rings is 1. The Balaban J connectivity index is 1.91. The Kier molecular flexibility index (Phi) is 6.54. The smallest absolute Gasteiger partial charge is 0.337 e. The van der Waals surface area contributed by atoms with Crippen molar-refractivity contribution >= 4 is 11.9 Å². The summed E-state index contributed by atoms with van der Waals surface area (Å²) in [5.74, 6) is -0.631. The Labute approximate surface area is 147 Å². The predicted octanol–water partition coefficient (Wildman–Crippen LogP) is 0.744. The number of piperazine rings is 1. The highest BCUT2D eigenvalue weighted by molar-refractivity contribution is 5.97. The fourth-order valence-electron chi connectivity index (χ4n) is 2.47. The van der Waals surface area contributed by atoms with E-state index in [9.17, 15) is 14.9 Å². The molecule has 1 amide bonds. The molecule has 0 aliphatic carbocycles. The summed E-state index contributed by atoms with van der Waals surface area (Å²) in [6, 6.07) is 8.89. The topological polar surface area (TPSA) is 85.7 Å². The van der Waals surface area contributed by atoms with Gasteiger partial charge in [-0.15, -0.1) is 0 Å². The lowest BCUT2D eigenvalue weighted by atomic mass is 10.1. The Morgan fingerprint density at radius 3 is 2.44 bits per heavy atom. The van der Waals surface area contributed by atoms with Crippen LogP contribution >= 0.6 is 0 Å². The van der Waals surface area contributed by atoms with Gasteiger partial charge >= 0.3 is 5.97 Å². The van der Waals surface area contributed by atoms with Crippen LogP contribution in [-0.2, 0) is 16.1 Å². The average Bonchev–Trinajstić information content (AvgIpc) is 2.65. The first-order chi connectivity index (χ1) is 12.0. The van der Waals surface area contributed by atoms with Crippen LogP contribution in [0.4, 0.5) is 0 Å². The number of ether oxygens (including phenoxy) is 1.